The van der Waals surface area contributed by atoms with E-state index in [1.807, 2.05) is 13.8 Å². The van der Waals surface area contributed by atoms with Gasteiger partial charge < -0.3 is 4.74 Å². The number of benzene rings is 1. The van der Waals surface area contributed by atoms with Gasteiger partial charge in [0.15, 0.2) is 0 Å². The fraction of sp³-hybridized carbons (Fsp3) is 0.214. The molecule has 0 radical (unpaired) electrons. The Morgan fingerprint density at radius 3 is 2.43 bits per heavy atom. The molecule has 0 aliphatic carbocycles. The van der Waals surface area contributed by atoms with Crippen molar-refractivity contribution in [3.63, 3.8) is 0 Å². The maximum Gasteiger partial charge on any atom is 0.263 e. The van der Waals surface area contributed by atoms with E-state index in [0.29, 0.717) is 15.9 Å². The maximum absolute atomic E-state index is 12.2. The summed E-state index contributed by atoms with van der Waals surface area (Å²) in [6, 6.07) is 8.24. The second-order valence-corrected chi connectivity index (χ2v) is 7.23. The second kappa shape index (κ2) is 6.44. The summed E-state index contributed by atoms with van der Waals surface area (Å²) in [6.45, 7) is 3.85. The van der Waals surface area contributed by atoms with Crippen LogP contribution in [0.3, 0.4) is 0 Å². The van der Waals surface area contributed by atoms with Crippen molar-refractivity contribution < 1.29 is 13.2 Å². The van der Waals surface area contributed by atoms with E-state index < -0.39 is 10.0 Å². The summed E-state index contributed by atoms with van der Waals surface area (Å²) in [5.74, 6) is 0.692. The minimum Gasteiger partial charge on any atom is -0.491 e. The van der Waals surface area contributed by atoms with Crippen LogP contribution in [-0.2, 0) is 10.0 Å². The molecule has 0 spiro atoms. The highest BCUT2D eigenvalue weighted by atomic mass is 79.9. The Bertz CT molecular complexity index is 715. The van der Waals surface area contributed by atoms with Crippen molar-refractivity contribution in [2.24, 2.45) is 0 Å². The largest absolute Gasteiger partial charge is 0.491 e. The van der Waals surface area contributed by atoms with Gasteiger partial charge in [0.05, 0.1) is 6.10 Å². The van der Waals surface area contributed by atoms with Crippen LogP contribution in [0.4, 0.5) is 5.69 Å². The number of rotatable bonds is 5. The number of nitrogens with one attached hydrogen (secondary N) is 1. The SMILES string of the molecule is CC(C)Oc1ccc(NS(=O)(=O)c2cncc(Br)c2)cc1. The van der Waals surface area contributed by atoms with Gasteiger partial charge in [0.25, 0.3) is 10.0 Å². The van der Waals surface area contributed by atoms with E-state index in [0.717, 1.165) is 0 Å². The fourth-order valence-corrected chi connectivity index (χ4v) is 3.19. The van der Waals surface area contributed by atoms with E-state index >= 15 is 0 Å². The molecule has 7 heteroatoms. The summed E-state index contributed by atoms with van der Waals surface area (Å²) in [6.07, 6.45) is 2.89. The van der Waals surface area contributed by atoms with E-state index in [1.165, 1.54) is 18.5 Å². The zero-order valence-electron chi connectivity index (χ0n) is 11.6. The first-order valence-corrected chi connectivity index (χ1v) is 8.54. The van der Waals surface area contributed by atoms with Gasteiger partial charge in [0.2, 0.25) is 0 Å². The molecule has 0 amide bonds. The number of anilines is 1. The molecule has 0 atom stereocenters. The van der Waals surface area contributed by atoms with Crippen LogP contribution in [0, 0.1) is 0 Å². The third kappa shape index (κ3) is 4.44. The average molecular weight is 371 g/mol. The van der Waals surface area contributed by atoms with Crippen LogP contribution in [0.1, 0.15) is 13.8 Å². The molecule has 112 valence electrons. The van der Waals surface area contributed by atoms with E-state index in [9.17, 15) is 8.42 Å². The predicted octanol–water partition coefficient (Wildman–Crippen LogP) is 3.43. The molecular weight excluding hydrogens is 356 g/mol. The van der Waals surface area contributed by atoms with Crippen LogP contribution in [0.5, 0.6) is 5.75 Å². The molecule has 1 N–H and O–H groups in total. The lowest BCUT2D eigenvalue weighted by atomic mass is 10.3. The molecule has 2 aromatic rings. The van der Waals surface area contributed by atoms with E-state index in [1.54, 1.807) is 24.3 Å². The van der Waals surface area contributed by atoms with Gasteiger partial charge in [0.1, 0.15) is 10.6 Å². The molecule has 2 rings (SSSR count). The lowest BCUT2D eigenvalue weighted by Gasteiger charge is -2.11. The third-order valence-corrected chi connectivity index (χ3v) is 4.25. The molecular formula is C14H15BrN2O3S. The highest BCUT2D eigenvalue weighted by Gasteiger charge is 2.15. The highest BCUT2D eigenvalue weighted by Crippen LogP contribution is 2.21. The van der Waals surface area contributed by atoms with Gasteiger partial charge in [-0.25, -0.2) is 8.42 Å². The topological polar surface area (TPSA) is 68.3 Å². The molecule has 21 heavy (non-hydrogen) atoms. The number of pyridine rings is 1. The van der Waals surface area contributed by atoms with Crippen molar-refractivity contribution in [2.45, 2.75) is 24.8 Å². The number of aromatic nitrogens is 1. The van der Waals surface area contributed by atoms with Gasteiger partial charge in [0, 0.05) is 22.6 Å². The van der Waals surface area contributed by atoms with Crippen molar-refractivity contribution in [2.75, 3.05) is 4.72 Å². The second-order valence-electron chi connectivity index (χ2n) is 4.64. The Balaban J connectivity index is 2.17. The zero-order valence-corrected chi connectivity index (χ0v) is 14.0. The van der Waals surface area contributed by atoms with Gasteiger partial charge in [-0.05, 0) is 60.1 Å². The Morgan fingerprint density at radius 2 is 1.86 bits per heavy atom. The smallest absolute Gasteiger partial charge is 0.263 e. The fourth-order valence-electron chi connectivity index (χ4n) is 1.63. The molecule has 0 unspecified atom stereocenters. The summed E-state index contributed by atoms with van der Waals surface area (Å²) in [5, 5.41) is 0. The monoisotopic (exact) mass is 370 g/mol. The first-order chi connectivity index (χ1) is 9.87. The number of ether oxygens (including phenoxy) is 1. The number of nitrogens with zero attached hydrogens (tertiary/aromatic N) is 1. The Hall–Kier alpha value is -1.60. The van der Waals surface area contributed by atoms with Crippen LogP contribution in [0.2, 0.25) is 0 Å². The molecule has 1 heterocycles. The standard InChI is InChI=1S/C14H15BrN2O3S/c1-10(2)20-13-5-3-12(4-6-13)17-21(18,19)14-7-11(15)8-16-9-14/h3-10,17H,1-2H3. The van der Waals surface area contributed by atoms with Gasteiger partial charge in [-0.3, -0.25) is 9.71 Å². The molecule has 0 saturated carbocycles. The van der Waals surface area contributed by atoms with Crippen LogP contribution >= 0.6 is 15.9 Å². The van der Waals surface area contributed by atoms with Crippen molar-refractivity contribution in [1.29, 1.82) is 0 Å². The first-order valence-electron chi connectivity index (χ1n) is 6.27. The lowest BCUT2D eigenvalue weighted by molar-refractivity contribution is 0.242. The summed E-state index contributed by atoms with van der Waals surface area (Å²) < 4.78 is 33.0. The number of halogens is 1. The number of hydrogen-bond donors (Lipinski definition) is 1. The molecule has 5 nitrogen and oxygen atoms in total. The molecule has 0 fully saturated rings. The molecule has 0 aliphatic rings. The van der Waals surface area contributed by atoms with Crippen molar-refractivity contribution >= 4 is 31.6 Å². The van der Waals surface area contributed by atoms with Crippen molar-refractivity contribution in [1.82, 2.24) is 4.98 Å². The lowest BCUT2D eigenvalue weighted by Crippen LogP contribution is -2.13. The normalized spacial score (nSPS) is 11.4. The van der Waals surface area contributed by atoms with E-state index in [-0.39, 0.29) is 11.0 Å². The quantitative estimate of drug-likeness (QED) is 0.875. The van der Waals surface area contributed by atoms with Crippen LogP contribution in [-0.4, -0.2) is 19.5 Å². The molecule has 0 saturated heterocycles. The molecule has 0 bridgehead atoms. The zero-order chi connectivity index (χ0) is 15.5. The number of hydrogen-bond acceptors (Lipinski definition) is 4. The summed E-state index contributed by atoms with van der Waals surface area (Å²) in [5.41, 5.74) is 0.464. The summed E-state index contributed by atoms with van der Waals surface area (Å²) >= 11 is 3.20. The summed E-state index contributed by atoms with van der Waals surface area (Å²) in [4.78, 5) is 3.95. The number of sulfonamides is 1. The van der Waals surface area contributed by atoms with Crippen molar-refractivity contribution in [3.8, 4) is 5.75 Å². The molecule has 0 aliphatic heterocycles. The third-order valence-electron chi connectivity index (χ3n) is 2.47. The summed E-state index contributed by atoms with van der Waals surface area (Å²) in [7, 11) is -3.66. The van der Waals surface area contributed by atoms with Crippen molar-refractivity contribution in [3.05, 3.63) is 47.2 Å². The Kier molecular flexibility index (Phi) is 4.84. The van der Waals surface area contributed by atoms with E-state index in [2.05, 4.69) is 25.6 Å². The minimum absolute atomic E-state index is 0.0697. The Morgan fingerprint density at radius 1 is 1.19 bits per heavy atom. The Labute approximate surface area is 132 Å². The van der Waals surface area contributed by atoms with Crippen LogP contribution < -0.4 is 9.46 Å². The van der Waals surface area contributed by atoms with Gasteiger partial charge in [-0.2, -0.15) is 0 Å². The maximum atomic E-state index is 12.2. The van der Waals surface area contributed by atoms with Crippen LogP contribution in [0.15, 0.2) is 52.1 Å². The average Bonchev–Trinajstić information content (AvgIpc) is 2.40. The first kappa shape index (κ1) is 15.8. The van der Waals surface area contributed by atoms with Gasteiger partial charge in [-0.1, -0.05) is 0 Å². The van der Waals surface area contributed by atoms with E-state index in [4.69, 9.17) is 4.74 Å². The minimum atomic E-state index is -3.66. The van der Waals surface area contributed by atoms with Gasteiger partial charge >= 0.3 is 0 Å². The van der Waals surface area contributed by atoms with Gasteiger partial charge in [-0.15, -0.1) is 0 Å². The van der Waals surface area contributed by atoms with Crippen LogP contribution in [0.25, 0.3) is 0 Å². The predicted molar refractivity (Wildman–Crippen MR) is 85.0 cm³/mol. The molecule has 1 aromatic heterocycles. The highest BCUT2D eigenvalue weighted by molar-refractivity contribution is 9.10. The molecule has 1 aromatic carbocycles.